The number of allylic oxidation sites excluding steroid dienone is 1. The summed E-state index contributed by atoms with van der Waals surface area (Å²) in [6.45, 7) is 0. The fraction of sp³-hybridized carbons (Fsp3) is 0.154. The van der Waals surface area contributed by atoms with Crippen molar-refractivity contribution in [3.8, 4) is 6.07 Å². The maximum absolute atomic E-state index is 11.5. The SMILES string of the molecule is N#CC1NC(C=N)=C(C(=O)O)C(c2cccc([N+](=O)[O-])c2)N1. The number of benzene rings is 1. The van der Waals surface area contributed by atoms with Crippen LogP contribution < -0.4 is 10.6 Å². The van der Waals surface area contributed by atoms with Crippen LogP contribution in [0.1, 0.15) is 11.6 Å². The smallest absolute Gasteiger partial charge is 0.335 e. The van der Waals surface area contributed by atoms with E-state index >= 15 is 0 Å². The van der Waals surface area contributed by atoms with Gasteiger partial charge in [0.25, 0.3) is 5.69 Å². The van der Waals surface area contributed by atoms with Crippen molar-refractivity contribution in [2.75, 3.05) is 0 Å². The molecular weight excluding hydrogens is 290 g/mol. The van der Waals surface area contributed by atoms with E-state index in [-0.39, 0.29) is 17.0 Å². The second-order valence-electron chi connectivity index (χ2n) is 4.44. The average Bonchev–Trinajstić information content (AvgIpc) is 2.53. The number of nitro groups is 1. The first-order chi connectivity index (χ1) is 10.5. The molecule has 1 aromatic rings. The Morgan fingerprint density at radius 1 is 1.55 bits per heavy atom. The number of hydrogen-bond acceptors (Lipinski definition) is 7. The third kappa shape index (κ3) is 2.77. The Morgan fingerprint density at radius 3 is 2.82 bits per heavy atom. The molecule has 0 amide bonds. The maximum Gasteiger partial charge on any atom is 0.335 e. The van der Waals surface area contributed by atoms with Gasteiger partial charge >= 0.3 is 5.97 Å². The number of nitriles is 1. The molecule has 1 aliphatic heterocycles. The molecule has 1 aliphatic rings. The van der Waals surface area contributed by atoms with E-state index in [4.69, 9.17) is 10.7 Å². The van der Waals surface area contributed by atoms with Gasteiger partial charge in [-0.05, 0) is 5.56 Å². The van der Waals surface area contributed by atoms with Gasteiger partial charge in [-0.1, -0.05) is 12.1 Å². The number of carboxylic acids is 1. The lowest BCUT2D eigenvalue weighted by Gasteiger charge is -2.30. The second kappa shape index (κ2) is 6.02. The summed E-state index contributed by atoms with van der Waals surface area (Å²) in [4.78, 5) is 21.7. The Labute approximate surface area is 124 Å². The normalized spacial score (nSPS) is 20.7. The maximum atomic E-state index is 11.5. The van der Waals surface area contributed by atoms with Gasteiger partial charge in [0.05, 0.1) is 22.2 Å². The van der Waals surface area contributed by atoms with Gasteiger partial charge in [0.1, 0.15) is 6.07 Å². The third-order valence-corrected chi connectivity index (χ3v) is 3.13. The van der Waals surface area contributed by atoms with E-state index in [0.717, 1.165) is 6.21 Å². The quantitative estimate of drug-likeness (QED) is 0.362. The highest BCUT2D eigenvalue weighted by atomic mass is 16.6. The van der Waals surface area contributed by atoms with Crippen LogP contribution in [0.5, 0.6) is 0 Å². The molecular formula is C13H11N5O4. The zero-order valence-corrected chi connectivity index (χ0v) is 11.1. The molecule has 0 fully saturated rings. The molecule has 1 heterocycles. The standard InChI is InChI=1S/C13H11N5O4/c14-5-9-11(13(19)20)12(17-10(6-15)16-9)7-2-1-3-8(4-7)18(21)22/h1-5,10,12,14,16-17H,(H,19,20). The van der Waals surface area contributed by atoms with Crippen molar-refractivity contribution in [1.29, 1.82) is 10.7 Å². The van der Waals surface area contributed by atoms with Gasteiger partial charge in [0.2, 0.25) is 0 Å². The average molecular weight is 301 g/mol. The van der Waals surface area contributed by atoms with Crippen molar-refractivity contribution in [2.24, 2.45) is 0 Å². The number of carbonyl (C=O) groups is 1. The van der Waals surface area contributed by atoms with Crippen LogP contribution in [0.2, 0.25) is 0 Å². The minimum absolute atomic E-state index is 0.0192. The summed E-state index contributed by atoms with van der Waals surface area (Å²) >= 11 is 0. The second-order valence-corrected chi connectivity index (χ2v) is 4.44. The van der Waals surface area contributed by atoms with E-state index < -0.39 is 23.1 Å². The predicted octanol–water partition coefficient (Wildman–Crippen LogP) is 0.667. The topological polar surface area (TPSA) is 152 Å². The Balaban J connectivity index is 2.57. The number of non-ortho nitro benzene ring substituents is 1. The lowest BCUT2D eigenvalue weighted by Crippen LogP contribution is -2.49. The molecule has 2 rings (SSSR count). The van der Waals surface area contributed by atoms with E-state index in [0.29, 0.717) is 5.56 Å². The van der Waals surface area contributed by atoms with Crippen molar-refractivity contribution in [3.05, 3.63) is 51.2 Å². The molecule has 1 aromatic carbocycles. The minimum atomic E-state index is -1.29. The van der Waals surface area contributed by atoms with E-state index in [1.807, 2.05) is 6.07 Å². The largest absolute Gasteiger partial charge is 0.478 e. The van der Waals surface area contributed by atoms with Crippen molar-refractivity contribution in [2.45, 2.75) is 12.2 Å². The first-order valence-corrected chi connectivity index (χ1v) is 6.12. The number of rotatable bonds is 4. The molecule has 0 radical (unpaired) electrons. The Hall–Kier alpha value is -3.25. The van der Waals surface area contributed by atoms with E-state index in [9.17, 15) is 20.0 Å². The molecule has 2 unspecified atom stereocenters. The van der Waals surface area contributed by atoms with Gasteiger partial charge in [-0.2, -0.15) is 5.26 Å². The predicted molar refractivity (Wildman–Crippen MR) is 75.0 cm³/mol. The van der Waals surface area contributed by atoms with Gasteiger partial charge in [-0.15, -0.1) is 0 Å². The first-order valence-electron chi connectivity index (χ1n) is 6.12. The summed E-state index contributed by atoms with van der Waals surface area (Å²) in [6.07, 6.45) is -0.108. The number of hydrogen-bond donors (Lipinski definition) is 4. The van der Waals surface area contributed by atoms with Crippen LogP contribution in [0.4, 0.5) is 5.69 Å². The summed E-state index contributed by atoms with van der Waals surface area (Å²) in [5.74, 6) is -1.29. The number of nitro benzene ring substituents is 1. The summed E-state index contributed by atoms with van der Waals surface area (Å²) in [5.41, 5.74) is -0.0588. The highest BCUT2D eigenvalue weighted by Gasteiger charge is 2.33. The summed E-state index contributed by atoms with van der Waals surface area (Å²) in [7, 11) is 0. The molecule has 0 aliphatic carbocycles. The van der Waals surface area contributed by atoms with E-state index in [1.165, 1.54) is 24.3 Å². The number of carboxylic acid groups (broad SMARTS) is 1. The molecule has 9 heteroatoms. The monoisotopic (exact) mass is 301 g/mol. The molecule has 0 aromatic heterocycles. The molecule has 0 bridgehead atoms. The van der Waals surface area contributed by atoms with Crippen LogP contribution in [0.25, 0.3) is 0 Å². The molecule has 4 N–H and O–H groups in total. The number of aliphatic carboxylic acids is 1. The molecule has 9 nitrogen and oxygen atoms in total. The van der Waals surface area contributed by atoms with Gasteiger partial charge in [0.15, 0.2) is 6.17 Å². The Bertz CT molecular complexity index is 721. The van der Waals surface area contributed by atoms with Crippen molar-refractivity contribution >= 4 is 17.9 Å². The summed E-state index contributed by atoms with van der Waals surface area (Å²) < 4.78 is 0. The fourth-order valence-electron chi connectivity index (χ4n) is 2.19. The zero-order valence-electron chi connectivity index (χ0n) is 11.1. The number of nitrogens with zero attached hydrogens (tertiary/aromatic N) is 2. The summed E-state index contributed by atoms with van der Waals surface area (Å²) in [5, 5.41) is 41.8. The third-order valence-electron chi connectivity index (χ3n) is 3.13. The first kappa shape index (κ1) is 15.1. The number of nitrogens with one attached hydrogen (secondary N) is 3. The van der Waals surface area contributed by atoms with Crippen LogP contribution in [0.15, 0.2) is 35.5 Å². The van der Waals surface area contributed by atoms with Crippen LogP contribution >= 0.6 is 0 Å². The highest BCUT2D eigenvalue weighted by molar-refractivity contribution is 5.96. The molecule has 0 saturated heterocycles. The lowest BCUT2D eigenvalue weighted by molar-refractivity contribution is -0.384. The molecule has 22 heavy (non-hydrogen) atoms. The van der Waals surface area contributed by atoms with Gasteiger partial charge in [0, 0.05) is 18.3 Å². The van der Waals surface area contributed by atoms with Crippen molar-refractivity contribution < 1.29 is 14.8 Å². The van der Waals surface area contributed by atoms with Crippen molar-refractivity contribution in [1.82, 2.24) is 10.6 Å². The van der Waals surface area contributed by atoms with Crippen molar-refractivity contribution in [3.63, 3.8) is 0 Å². The van der Waals surface area contributed by atoms with Crippen LogP contribution in [-0.4, -0.2) is 28.4 Å². The van der Waals surface area contributed by atoms with Crippen LogP contribution in [-0.2, 0) is 4.79 Å². The van der Waals surface area contributed by atoms with E-state index in [1.54, 1.807) is 0 Å². The summed E-state index contributed by atoms with van der Waals surface area (Å²) in [6, 6.07) is 6.41. The highest BCUT2D eigenvalue weighted by Crippen LogP contribution is 2.29. The fourth-order valence-corrected chi connectivity index (χ4v) is 2.19. The Morgan fingerprint density at radius 2 is 2.27 bits per heavy atom. The molecule has 0 saturated carbocycles. The van der Waals surface area contributed by atoms with Gasteiger partial charge in [-0.25, -0.2) is 4.79 Å². The van der Waals surface area contributed by atoms with Gasteiger partial charge in [-0.3, -0.25) is 15.4 Å². The Kier molecular flexibility index (Phi) is 4.15. The van der Waals surface area contributed by atoms with Crippen LogP contribution in [0, 0.1) is 26.9 Å². The zero-order chi connectivity index (χ0) is 16.3. The van der Waals surface area contributed by atoms with Crippen LogP contribution in [0.3, 0.4) is 0 Å². The minimum Gasteiger partial charge on any atom is -0.478 e. The molecule has 2 atom stereocenters. The molecule has 0 spiro atoms. The van der Waals surface area contributed by atoms with Gasteiger partial charge < -0.3 is 15.8 Å². The lowest BCUT2D eigenvalue weighted by atomic mass is 9.94. The molecule has 112 valence electrons. The van der Waals surface area contributed by atoms with E-state index in [2.05, 4.69) is 10.6 Å².